The van der Waals surface area contributed by atoms with E-state index in [0.717, 1.165) is 36.3 Å². The average Bonchev–Trinajstić information content (AvgIpc) is 2.79. The van der Waals surface area contributed by atoms with Crippen LogP contribution in [0.5, 0.6) is 5.75 Å². The number of aromatic nitrogens is 1. The van der Waals surface area contributed by atoms with E-state index in [-0.39, 0.29) is 6.04 Å². The van der Waals surface area contributed by atoms with Crippen molar-refractivity contribution in [2.45, 2.75) is 18.9 Å². The summed E-state index contributed by atoms with van der Waals surface area (Å²) in [6, 6.07) is 30.2. The van der Waals surface area contributed by atoms with Crippen LogP contribution in [0.2, 0.25) is 0 Å². The Kier molecular flexibility index (Phi) is 4.65. The molecule has 1 atom stereocenters. The van der Waals surface area contributed by atoms with Crippen molar-refractivity contribution in [1.82, 2.24) is 4.98 Å². The van der Waals surface area contributed by atoms with Crippen molar-refractivity contribution in [1.29, 1.82) is 0 Å². The molecule has 0 bridgehead atoms. The zero-order chi connectivity index (χ0) is 19.6. The highest BCUT2D eigenvalue weighted by Crippen LogP contribution is 2.36. The number of nitrogens with zero attached hydrogens (tertiary/aromatic N) is 2. The van der Waals surface area contributed by atoms with Crippen molar-refractivity contribution in [3.05, 3.63) is 102 Å². The van der Waals surface area contributed by atoms with E-state index in [1.54, 1.807) is 7.11 Å². The molecule has 3 heteroatoms. The van der Waals surface area contributed by atoms with E-state index in [2.05, 4.69) is 77.7 Å². The van der Waals surface area contributed by atoms with Crippen LogP contribution in [0.25, 0.3) is 10.9 Å². The summed E-state index contributed by atoms with van der Waals surface area (Å²) in [6.07, 6.45) is 1.94. The lowest BCUT2D eigenvalue weighted by Crippen LogP contribution is -2.36. The molecule has 0 amide bonds. The van der Waals surface area contributed by atoms with Gasteiger partial charge in [0, 0.05) is 29.7 Å². The Morgan fingerprint density at radius 1 is 0.897 bits per heavy atom. The minimum Gasteiger partial charge on any atom is -0.497 e. The topological polar surface area (TPSA) is 25.4 Å². The lowest BCUT2D eigenvalue weighted by molar-refractivity contribution is 0.414. The number of ether oxygens (including phenoxy) is 1. The second kappa shape index (κ2) is 7.59. The van der Waals surface area contributed by atoms with Crippen LogP contribution in [0.3, 0.4) is 0 Å². The van der Waals surface area contributed by atoms with E-state index in [4.69, 9.17) is 9.72 Å². The fourth-order valence-corrected chi connectivity index (χ4v) is 4.37. The first kappa shape index (κ1) is 17.7. The zero-order valence-corrected chi connectivity index (χ0v) is 16.6. The molecule has 0 radical (unpaired) electrons. The van der Waals surface area contributed by atoms with Gasteiger partial charge in [-0.3, -0.25) is 4.98 Å². The van der Waals surface area contributed by atoms with Crippen LogP contribution in [0.15, 0.2) is 84.9 Å². The normalized spacial score (nSPS) is 15.9. The molecule has 0 saturated heterocycles. The van der Waals surface area contributed by atoms with Crippen LogP contribution in [-0.2, 0) is 12.8 Å². The summed E-state index contributed by atoms with van der Waals surface area (Å²) >= 11 is 0. The number of para-hydroxylation sites is 1. The van der Waals surface area contributed by atoms with E-state index in [9.17, 15) is 0 Å². The third-order valence-corrected chi connectivity index (χ3v) is 5.88. The number of fused-ring (bicyclic) bond motifs is 2. The Bertz CT molecular complexity index is 1140. The van der Waals surface area contributed by atoms with E-state index in [0.29, 0.717) is 0 Å². The highest BCUT2D eigenvalue weighted by molar-refractivity contribution is 5.78. The first-order valence-corrected chi connectivity index (χ1v) is 10.1. The van der Waals surface area contributed by atoms with Gasteiger partial charge < -0.3 is 9.64 Å². The first-order chi connectivity index (χ1) is 14.3. The molecule has 0 N–H and O–H groups in total. The predicted molar refractivity (Wildman–Crippen MR) is 119 cm³/mol. The van der Waals surface area contributed by atoms with Crippen molar-refractivity contribution in [3.63, 3.8) is 0 Å². The van der Waals surface area contributed by atoms with Gasteiger partial charge >= 0.3 is 0 Å². The molecule has 0 saturated carbocycles. The van der Waals surface area contributed by atoms with Crippen molar-refractivity contribution in [2.24, 2.45) is 0 Å². The third-order valence-electron chi connectivity index (χ3n) is 5.88. The summed E-state index contributed by atoms with van der Waals surface area (Å²) < 4.78 is 5.35. The molecule has 3 nitrogen and oxygen atoms in total. The minimum absolute atomic E-state index is 0.266. The van der Waals surface area contributed by atoms with Crippen molar-refractivity contribution in [3.8, 4) is 5.75 Å². The minimum atomic E-state index is 0.266. The molecule has 4 aromatic rings. The molecule has 29 heavy (non-hydrogen) atoms. The lowest BCUT2D eigenvalue weighted by atomic mass is 9.89. The van der Waals surface area contributed by atoms with E-state index >= 15 is 0 Å². The number of rotatable bonds is 4. The van der Waals surface area contributed by atoms with Crippen LogP contribution < -0.4 is 9.64 Å². The lowest BCUT2D eigenvalue weighted by Gasteiger charge is -2.39. The van der Waals surface area contributed by atoms with Crippen LogP contribution in [0, 0.1) is 0 Å². The van der Waals surface area contributed by atoms with Crippen molar-refractivity contribution in [2.75, 3.05) is 18.6 Å². The molecule has 0 spiro atoms. The molecule has 3 aromatic carbocycles. The second-order valence-electron chi connectivity index (χ2n) is 7.56. The average molecular weight is 380 g/mol. The highest BCUT2D eigenvalue weighted by atomic mass is 16.5. The summed E-state index contributed by atoms with van der Waals surface area (Å²) in [7, 11) is 1.71. The Balaban J connectivity index is 1.54. The zero-order valence-electron chi connectivity index (χ0n) is 16.6. The quantitative estimate of drug-likeness (QED) is 0.461. The molecule has 1 unspecified atom stereocenters. The number of hydrogen-bond donors (Lipinski definition) is 0. The van der Waals surface area contributed by atoms with E-state index in [1.807, 2.05) is 12.1 Å². The van der Waals surface area contributed by atoms with Gasteiger partial charge in [0.1, 0.15) is 5.75 Å². The SMILES string of the molecule is COc1ccc(N2CCc3ccccc3C2Cc2ccc3ccccc3n2)cc1. The Labute approximate surface area is 171 Å². The largest absolute Gasteiger partial charge is 0.497 e. The molecule has 2 heterocycles. The summed E-state index contributed by atoms with van der Waals surface area (Å²) in [5.74, 6) is 0.888. The highest BCUT2D eigenvalue weighted by Gasteiger charge is 2.28. The van der Waals surface area contributed by atoms with Crippen LogP contribution in [0.1, 0.15) is 22.9 Å². The maximum atomic E-state index is 5.35. The van der Waals surface area contributed by atoms with Gasteiger partial charge in [0.25, 0.3) is 0 Å². The maximum Gasteiger partial charge on any atom is 0.119 e. The number of benzene rings is 3. The van der Waals surface area contributed by atoms with Crippen LogP contribution in [0.4, 0.5) is 5.69 Å². The molecule has 5 rings (SSSR count). The summed E-state index contributed by atoms with van der Waals surface area (Å²) in [5, 5.41) is 1.19. The molecule has 1 aromatic heterocycles. The molecular weight excluding hydrogens is 356 g/mol. The van der Waals surface area contributed by atoms with Gasteiger partial charge in [0.05, 0.1) is 18.7 Å². The summed E-state index contributed by atoms with van der Waals surface area (Å²) in [6.45, 7) is 1.00. The summed E-state index contributed by atoms with van der Waals surface area (Å²) in [4.78, 5) is 7.46. The molecular formula is C26H24N2O. The van der Waals surface area contributed by atoms with Gasteiger partial charge in [-0.25, -0.2) is 0 Å². The summed E-state index contributed by atoms with van der Waals surface area (Å²) in [5.41, 5.74) is 6.27. The van der Waals surface area contributed by atoms with Gasteiger partial charge in [0.15, 0.2) is 0 Å². The number of hydrogen-bond acceptors (Lipinski definition) is 3. The van der Waals surface area contributed by atoms with E-state index in [1.165, 1.54) is 22.2 Å². The van der Waals surface area contributed by atoms with Gasteiger partial charge in [-0.2, -0.15) is 0 Å². The molecule has 0 fully saturated rings. The standard InChI is InChI=1S/C26H24N2O/c1-29-23-14-12-22(13-15-23)28-17-16-19-6-2-4-8-24(19)26(28)18-21-11-10-20-7-3-5-9-25(20)27-21/h2-15,26H,16-18H2,1H3. The van der Waals surface area contributed by atoms with Crippen LogP contribution >= 0.6 is 0 Å². The van der Waals surface area contributed by atoms with E-state index < -0.39 is 0 Å². The number of anilines is 1. The number of methoxy groups -OCH3 is 1. The van der Waals surface area contributed by atoms with Gasteiger partial charge in [-0.15, -0.1) is 0 Å². The van der Waals surface area contributed by atoms with Crippen molar-refractivity contribution >= 4 is 16.6 Å². The first-order valence-electron chi connectivity index (χ1n) is 10.1. The molecule has 0 aliphatic carbocycles. The van der Waals surface area contributed by atoms with Crippen LogP contribution in [-0.4, -0.2) is 18.6 Å². The predicted octanol–water partition coefficient (Wildman–Crippen LogP) is 5.59. The molecule has 1 aliphatic heterocycles. The molecule has 144 valence electrons. The third kappa shape index (κ3) is 3.44. The second-order valence-corrected chi connectivity index (χ2v) is 7.56. The Morgan fingerprint density at radius 3 is 2.55 bits per heavy atom. The van der Waals surface area contributed by atoms with Gasteiger partial charge in [-0.1, -0.05) is 48.5 Å². The van der Waals surface area contributed by atoms with Gasteiger partial charge in [0.2, 0.25) is 0 Å². The Hall–Kier alpha value is -3.33. The van der Waals surface area contributed by atoms with Crippen molar-refractivity contribution < 1.29 is 4.74 Å². The number of pyridine rings is 1. The monoisotopic (exact) mass is 380 g/mol. The maximum absolute atomic E-state index is 5.35. The van der Waals surface area contributed by atoms with Gasteiger partial charge in [-0.05, 0) is 53.9 Å². The smallest absolute Gasteiger partial charge is 0.119 e. The fraction of sp³-hybridized carbons (Fsp3) is 0.192. The molecule has 1 aliphatic rings. The fourth-order valence-electron chi connectivity index (χ4n) is 4.37. The Morgan fingerprint density at radius 2 is 1.69 bits per heavy atom.